The molecule has 0 aliphatic rings. The van der Waals surface area contributed by atoms with E-state index in [4.69, 9.17) is 4.74 Å². The number of nitrogens with zero attached hydrogens (tertiary/aromatic N) is 1. The molecule has 0 spiro atoms. The van der Waals surface area contributed by atoms with Crippen LogP contribution < -0.4 is 4.74 Å². The molecule has 2 rings (SSSR count). The average molecular weight is 297 g/mol. The summed E-state index contributed by atoms with van der Waals surface area (Å²) in [6, 6.07) is 16.0. The number of hydrogen-bond acceptors (Lipinski definition) is 2. The fourth-order valence-corrected chi connectivity index (χ4v) is 2.32. The van der Waals surface area contributed by atoms with Crippen molar-refractivity contribution in [2.45, 2.75) is 33.4 Å². The van der Waals surface area contributed by atoms with E-state index < -0.39 is 6.10 Å². The van der Waals surface area contributed by atoms with Crippen LogP contribution in [0.5, 0.6) is 5.75 Å². The van der Waals surface area contributed by atoms with Gasteiger partial charge in [0, 0.05) is 13.6 Å². The van der Waals surface area contributed by atoms with E-state index in [1.54, 1.807) is 18.9 Å². The summed E-state index contributed by atoms with van der Waals surface area (Å²) in [7, 11) is 1.80. The summed E-state index contributed by atoms with van der Waals surface area (Å²) in [5.74, 6) is 0.749. The molecule has 0 heterocycles. The van der Waals surface area contributed by atoms with Gasteiger partial charge in [-0.15, -0.1) is 0 Å². The standard InChI is InChI=1S/C19H23NO2/c1-14-10-11-15(2)18(12-14)22-16(3)19(21)20(4)13-17-8-6-5-7-9-17/h5-12,16H,13H2,1-4H3/t16-/m1/s1. The second-order valence-electron chi connectivity index (χ2n) is 5.71. The molecule has 3 heteroatoms. The minimum Gasteiger partial charge on any atom is -0.481 e. The summed E-state index contributed by atoms with van der Waals surface area (Å²) < 4.78 is 5.86. The molecule has 1 amide bonds. The van der Waals surface area contributed by atoms with E-state index in [0.29, 0.717) is 6.54 Å². The predicted molar refractivity (Wildman–Crippen MR) is 88.9 cm³/mol. The third-order valence-corrected chi connectivity index (χ3v) is 3.63. The molecule has 0 aromatic heterocycles. The zero-order chi connectivity index (χ0) is 16.1. The van der Waals surface area contributed by atoms with Gasteiger partial charge in [0.15, 0.2) is 6.10 Å². The van der Waals surface area contributed by atoms with Crippen molar-refractivity contribution < 1.29 is 9.53 Å². The Balaban J connectivity index is 2.01. The lowest BCUT2D eigenvalue weighted by atomic mass is 10.1. The van der Waals surface area contributed by atoms with Gasteiger partial charge in [-0.1, -0.05) is 42.5 Å². The SMILES string of the molecule is Cc1ccc(C)c(O[C@H](C)C(=O)N(C)Cc2ccccc2)c1. The lowest BCUT2D eigenvalue weighted by Crippen LogP contribution is -2.37. The lowest BCUT2D eigenvalue weighted by Gasteiger charge is -2.23. The molecule has 22 heavy (non-hydrogen) atoms. The largest absolute Gasteiger partial charge is 0.481 e. The van der Waals surface area contributed by atoms with Crippen molar-refractivity contribution >= 4 is 5.91 Å². The van der Waals surface area contributed by atoms with Crippen LogP contribution in [0.25, 0.3) is 0 Å². The predicted octanol–water partition coefficient (Wildman–Crippen LogP) is 3.73. The van der Waals surface area contributed by atoms with Gasteiger partial charge in [0.2, 0.25) is 0 Å². The Morgan fingerprint density at radius 2 is 1.82 bits per heavy atom. The van der Waals surface area contributed by atoms with Crippen molar-refractivity contribution in [3.8, 4) is 5.75 Å². The van der Waals surface area contributed by atoms with Crippen LogP contribution in [-0.4, -0.2) is 24.0 Å². The fraction of sp³-hybridized carbons (Fsp3) is 0.316. The summed E-state index contributed by atoms with van der Waals surface area (Å²) >= 11 is 0. The number of likely N-dealkylation sites (N-methyl/N-ethyl adjacent to an activating group) is 1. The normalized spacial score (nSPS) is 11.8. The molecule has 0 saturated carbocycles. The first kappa shape index (κ1) is 16.1. The van der Waals surface area contributed by atoms with Gasteiger partial charge in [-0.05, 0) is 43.5 Å². The molecule has 0 radical (unpaired) electrons. The monoisotopic (exact) mass is 297 g/mol. The van der Waals surface area contributed by atoms with Gasteiger partial charge in [-0.25, -0.2) is 0 Å². The van der Waals surface area contributed by atoms with Crippen LogP contribution >= 0.6 is 0 Å². The van der Waals surface area contributed by atoms with Gasteiger partial charge < -0.3 is 9.64 Å². The van der Waals surface area contributed by atoms with Crippen LogP contribution in [0.1, 0.15) is 23.6 Å². The molecule has 1 atom stereocenters. The van der Waals surface area contributed by atoms with E-state index in [0.717, 1.165) is 22.4 Å². The van der Waals surface area contributed by atoms with E-state index in [1.165, 1.54) is 0 Å². The molecule has 3 nitrogen and oxygen atoms in total. The quantitative estimate of drug-likeness (QED) is 0.841. The van der Waals surface area contributed by atoms with E-state index in [9.17, 15) is 4.79 Å². The van der Waals surface area contributed by atoms with Crippen LogP contribution in [0.4, 0.5) is 0 Å². The number of ether oxygens (including phenoxy) is 1. The Morgan fingerprint density at radius 3 is 2.50 bits per heavy atom. The van der Waals surface area contributed by atoms with Crippen molar-refractivity contribution in [2.24, 2.45) is 0 Å². The van der Waals surface area contributed by atoms with Crippen LogP contribution in [0.15, 0.2) is 48.5 Å². The highest BCUT2D eigenvalue weighted by Crippen LogP contribution is 2.21. The van der Waals surface area contributed by atoms with Crippen LogP contribution in [0, 0.1) is 13.8 Å². The molecule has 2 aromatic carbocycles. The minimum atomic E-state index is -0.505. The Bertz CT molecular complexity index is 637. The summed E-state index contributed by atoms with van der Waals surface area (Å²) in [5.41, 5.74) is 3.27. The van der Waals surface area contributed by atoms with Crippen LogP contribution in [0.3, 0.4) is 0 Å². The topological polar surface area (TPSA) is 29.5 Å². The number of aryl methyl sites for hydroxylation is 2. The van der Waals surface area contributed by atoms with Gasteiger partial charge in [-0.3, -0.25) is 4.79 Å². The number of hydrogen-bond donors (Lipinski definition) is 0. The Morgan fingerprint density at radius 1 is 1.14 bits per heavy atom. The molecule has 0 bridgehead atoms. The summed E-state index contributed by atoms with van der Waals surface area (Å²) in [6.07, 6.45) is -0.505. The molecule has 2 aromatic rings. The first-order valence-electron chi connectivity index (χ1n) is 7.50. The van der Waals surface area contributed by atoms with Crippen molar-refractivity contribution in [3.63, 3.8) is 0 Å². The molecule has 0 aliphatic carbocycles. The molecule has 0 unspecified atom stereocenters. The Kier molecular flexibility index (Phi) is 5.21. The number of rotatable bonds is 5. The fourth-order valence-electron chi connectivity index (χ4n) is 2.32. The second-order valence-corrected chi connectivity index (χ2v) is 5.71. The van der Waals surface area contributed by atoms with Crippen LogP contribution in [0.2, 0.25) is 0 Å². The molecular weight excluding hydrogens is 274 g/mol. The van der Waals surface area contributed by atoms with Crippen molar-refractivity contribution in [1.29, 1.82) is 0 Å². The lowest BCUT2D eigenvalue weighted by molar-refractivity contribution is -0.137. The third-order valence-electron chi connectivity index (χ3n) is 3.63. The maximum absolute atomic E-state index is 12.4. The number of benzene rings is 2. The number of carbonyl (C=O) groups excluding carboxylic acids is 1. The minimum absolute atomic E-state index is 0.0234. The van der Waals surface area contributed by atoms with Crippen molar-refractivity contribution in [1.82, 2.24) is 4.90 Å². The maximum atomic E-state index is 12.4. The van der Waals surface area contributed by atoms with Gasteiger partial charge in [0.05, 0.1) is 0 Å². The van der Waals surface area contributed by atoms with Gasteiger partial charge in [0.1, 0.15) is 5.75 Å². The maximum Gasteiger partial charge on any atom is 0.263 e. The number of amides is 1. The molecule has 116 valence electrons. The van der Waals surface area contributed by atoms with E-state index in [2.05, 4.69) is 0 Å². The van der Waals surface area contributed by atoms with Gasteiger partial charge in [-0.2, -0.15) is 0 Å². The smallest absolute Gasteiger partial charge is 0.263 e. The highest BCUT2D eigenvalue weighted by molar-refractivity contribution is 5.80. The molecule has 0 fully saturated rings. The summed E-state index contributed by atoms with van der Waals surface area (Å²) in [4.78, 5) is 14.1. The van der Waals surface area contributed by atoms with Gasteiger partial charge >= 0.3 is 0 Å². The highest BCUT2D eigenvalue weighted by Gasteiger charge is 2.20. The van der Waals surface area contributed by atoms with Crippen LogP contribution in [-0.2, 0) is 11.3 Å². The van der Waals surface area contributed by atoms with E-state index in [-0.39, 0.29) is 5.91 Å². The molecule has 0 saturated heterocycles. The van der Waals surface area contributed by atoms with E-state index >= 15 is 0 Å². The van der Waals surface area contributed by atoms with Crippen molar-refractivity contribution in [3.05, 3.63) is 65.2 Å². The number of carbonyl (C=O) groups is 1. The Hall–Kier alpha value is -2.29. The summed E-state index contributed by atoms with van der Waals surface area (Å²) in [6.45, 7) is 6.38. The molecular formula is C19H23NO2. The molecule has 0 aliphatic heterocycles. The average Bonchev–Trinajstić information content (AvgIpc) is 2.51. The second kappa shape index (κ2) is 7.12. The van der Waals surface area contributed by atoms with Gasteiger partial charge in [0.25, 0.3) is 5.91 Å². The Labute approximate surface area is 132 Å². The zero-order valence-electron chi connectivity index (χ0n) is 13.7. The third kappa shape index (κ3) is 4.10. The van der Waals surface area contributed by atoms with E-state index in [1.807, 2.05) is 62.4 Å². The van der Waals surface area contributed by atoms with Crippen molar-refractivity contribution in [2.75, 3.05) is 7.05 Å². The molecule has 0 N–H and O–H groups in total. The first-order valence-corrected chi connectivity index (χ1v) is 7.50. The zero-order valence-corrected chi connectivity index (χ0v) is 13.7. The first-order chi connectivity index (χ1) is 10.5. The highest BCUT2D eigenvalue weighted by atomic mass is 16.5. The summed E-state index contributed by atoms with van der Waals surface area (Å²) in [5, 5.41) is 0.